The summed E-state index contributed by atoms with van der Waals surface area (Å²) in [6.07, 6.45) is 2.98. The van der Waals surface area contributed by atoms with Gasteiger partial charge in [-0.3, -0.25) is 0 Å². The highest BCUT2D eigenvalue weighted by molar-refractivity contribution is 8.77. The third-order valence-electron chi connectivity index (χ3n) is 7.35. The van der Waals surface area contributed by atoms with E-state index in [2.05, 4.69) is 73.6 Å². The van der Waals surface area contributed by atoms with E-state index in [1.165, 1.54) is 4.90 Å². The predicted molar refractivity (Wildman–Crippen MR) is 137 cm³/mol. The molecule has 0 amide bonds. The maximum Gasteiger partial charge on any atom is 0.134 e. The van der Waals surface area contributed by atoms with Gasteiger partial charge in [-0.1, -0.05) is 95.2 Å². The summed E-state index contributed by atoms with van der Waals surface area (Å²) in [4.78, 5) is 0.562. The molecule has 2 N–H and O–H groups in total. The van der Waals surface area contributed by atoms with Crippen molar-refractivity contribution in [1.29, 1.82) is 0 Å². The number of allylic oxidation sites excluding steroid dienone is 1. The van der Waals surface area contributed by atoms with Crippen molar-refractivity contribution in [2.75, 3.05) is 26.4 Å². The molecule has 4 nitrogen and oxygen atoms in total. The quantitative estimate of drug-likeness (QED) is 0.308. The van der Waals surface area contributed by atoms with Gasteiger partial charge in [0.05, 0.1) is 25.6 Å². The number of aliphatic hydroxyl groups excluding tert-OH is 2. The van der Waals surface area contributed by atoms with Crippen LogP contribution in [-0.2, 0) is 9.47 Å². The SMILES string of the molecule is CC(C)(C)C1(C)CC(OCCO)(SSc2ccccc2)C(C)(C(C)(C)C)C=C1OCCO. The molecule has 1 aliphatic rings. The highest BCUT2D eigenvalue weighted by atomic mass is 33.1. The van der Waals surface area contributed by atoms with E-state index < -0.39 is 10.3 Å². The molecular weight excluding hydrogens is 440 g/mol. The number of hydrogen-bond donors (Lipinski definition) is 2. The fraction of sp³-hybridized carbons (Fsp3) is 0.692. The molecule has 3 unspecified atom stereocenters. The van der Waals surface area contributed by atoms with Gasteiger partial charge in [-0.2, -0.15) is 0 Å². The molecule has 0 heterocycles. The van der Waals surface area contributed by atoms with Gasteiger partial charge >= 0.3 is 0 Å². The molecule has 1 aliphatic carbocycles. The summed E-state index contributed by atoms with van der Waals surface area (Å²) < 4.78 is 12.9. The molecule has 6 heteroatoms. The van der Waals surface area contributed by atoms with Crippen molar-refractivity contribution in [3.63, 3.8) is 0 Å². The Kier molecular flexibility index (Phi) is 8.88. The molecule has 3 atom stereocenters. The summed E-state index contributed by atoms with van der Waals surface area (Å²) in [6.45, 7) is 18.4. The third-order valence-corrected chi connectivity index (χ3v) is 10.5. The zero-order chi connectivity index (χ0) is 24.3. The molecule has 0 bridgehead atoms. The van der Waals surface area contributed by atoms with Gasteiger partial charge in [0, 0.05) is 22.1 Å². The van der Waals surface area contributed by atoms with Crippen LogP contribution in [0.25, 0.3) is 0 Å². The Morgan fingerprint density at radius 2 is 1.50 bits per heavy atom. The summed E-state index contributed by atoms with van der Waals surface area (Å²) in [6, 6.07) is 10.4. The fourth-order valence-electron chi connectivity index (χ4n) is 4.19. The summed E-state index contributed by atoms with van der Waals surface area (Å²) in [5.74, 6) is 0.921. The van der Waals surface area contributed by atoms with Crippen LogP contribution in [0.4, 0.5) is 0 Å². The normalized spacial score (nSPS) is 29.0. The zero-order valence-electron chi connectivity index (χ0n) is 21.0. The largest absolute Gasteiger partial charge is 0.495 e. The van der Waals surface area contributed by atoms with E-state index in [1.807, 2.05) is 18.2 Å². The monoisotopic (exact) mass is 482 g/mol. The number of hydrogen-bond acceptors (Lipinski definition) is 6. The second-order valence-electron chi connectivity index (χ2n) is 11.1. The average molecular weight is 483 g/mol. The summed E-state index contributed by atoms with van der Waals surface area (Å²) in [5, 5.41) is 19.2. The van der Waals surface area contributed by atoms with Crippen LogP contribution in [0.2, 0.25) is 0 Å². The van der Waals surface area contributed by atoms with E-state index in [0.717, 1.165) is 12.2 Å². The second-order valence-corrected chi connectivity index (χ2v) is 13.6. The first-order chi connectivity index (χ1) is 14.8. The molecule has 1 aromatic rings. The Labute approximate surface area is 202 Å². The Hall–Kier alpha value is -0.660. The van der Waals surface area contributed by atoms with E-state index >= 15 is 0 Å². The molecular formula is C26H42O4S2. The van der Waals surface area contributed by atoms with Crippen molar-refractivity contribution in [2.45, 2.75) is 71.6 Å². The number of benzene rings is 1. The van der Waals surface area contributed by atoms with Crippen LogP contribution in [0.5, 0.6) is 0 Å². The highest BCUT2D eigenvalue weighted by Gasteiger charge is 2.64. The summed E-state index contributed by atoms with van der Waals surface area (Å²) >= 11 is 0. The molecule has 0 spiro atoms. The van der Waals surface area contributed by atoms with Crippen molar-refractivity contribution in [1.82, 2.24) is 0 Å². The lowest BCUT2D eigenvalue weighted by Gasteiger charge is -2.61. The van der Waals surface area contributed by atoms with Crippen molar-refractivity contribution in [3.05, 3.63) is 42.2 Å². The standard InChI is InChI=1S/C26H42O4S2/c1-22(2,3)24(7)19-26(30-17-15-28,32-31-20-12-10-9-11-13-20)25(8,23(4,5)6)18-21(24)29-16-14-27/h9-13,18,27-28H,14-17,19H2,1-8H3. The van der Waals surface area contributed by atoms with Gasteiger partial charge in [-0.05, 0) is 29.0 Å². The lowest BCUT2D eigenvalue weighted by molar-refractivity contribution is -0.141. The van der Waals surface area contributed by atoms with E-state index in [1.54, 1.807) is 21.6 Å². The van der Waals surface area contributed by atoms with Gasteiger partial charge in [0.1, 0.15) is 11.5 Å². The first-order valence-electron chi connectivity index (χ1n) is 11.4. The van der Waals surface area contributed by atoms with Crippen LogP contribution in [0.15, 0.2) is 47.1 Å². The Morgan fingerprint density at radius 1 is 0.906 bits per heavy atom. The van der Waals surface area contributed by atoms with Crippen molar-refractivity contribution >= 4 is 21.6 Å². The summed E-state index contributed by atoms with van der Waals surface area (Å²) in [5.41, 5.74) is -0.997. The molecule has 32 heavy (non-hydrogen) atoms. The average Bonchev–Trinajstić information content (AvgIpc) is 2.71. The van der Waals surface area contributed by atoms with Crippen molar-refractivity contribution in [3.8, 4) is 0 Å². The molecule has 0 radical (unpaired) electrons. The van der Waals surface area contributed by atoms with Crippen LogP contribution in [0, 0.1) is 21.7 Å². The van der Waals surface area contributed by atoms with E-state index in [9.17, 15) is 10.2 Å². The van der Waals surface area contributed by atoms with Crippen LogP contribution in [0.3, 0.4) is 0 Å². The fourth-order valence-corrected chi connectivity index (χ4v) is 7.57. The number of aliphatic hydroxyl groups is 2. The number of rotatable bonds is 9. The summed E-state index contributed by atoms with van der Waals surface area (Å²) in [7, 11) is 3.47. The predicted octanol–water partition coefficient (Wildman–Crippen LogP) is 6.53. The molecule has 1 aromatic carbocycles. The maximum atomic E-state index is 9.72. The first-order valence-corrected chi connectivity index (χ1v) is 13.5. The van der Waals surface area contributed by atoms with Gasteiger partial charge in [-0.25, -0.2) is 0 Å². The van der Waals surface area contributed by atoms with Crippen LogP contribution in [-0.4, -0.2) is 41.6 Å². The molecule has 0 fully saturated rings. The van der Waals surface area contributed by atoms with Gasteiger partial charge in [0.25, 0.3) is 0 Å². The topological polar surface area (TPSA) is 58.9 Å². The molecule has 2 rings (SSSR count). The van der Waals surface area contributed by atoms with Gasteiger partial charge in [0.2, 0.25) is 0 Å². The lowest BCUT2D eigenvalue weighted by atomic mass is 9.52. The first kappa shape index (κ1) is 27.6. The molecule has 182 valence electrons. The molecule has 0 aliphatic heterocycles. The third kappa shape index (κ3) is 5.35. The Morgan fingerprint density at radius 3 is 2.00 bits per heavy atom. The smallest absolute Gasteiger partial charge is 0.134 e. The van der Waals surface area contributed by atoms with Crippen molar-refractivity contribution < 1.29 is 19.7 Å². The second kappa shape index (κ2) is 10.3. The van der Waals surface area contributed by atoms with Gasteiger partial charge < -0.3 is 19.7 Å². The minimum absolute atomic E-state index is 0.0193. The van der Waals surface area contributed by atoms with Gasteiger partial charge in [0.15, 0.2) is 0 Å². The van der Waals surface area contributed by atoms with Crippen LogP contribution >= 0.6 is 21.6 Å². The minimum atomic E-state index is -0.609. The van der Waals surface area contributed by atoms with Crippen LogP contribution < -0.4 is 0 Å². The van der Waals surface area contributed by atoms with E-state index in [-0.39, 0.29) is 42.7 Å². The molecule has 0 saturated heterocycles. The van der Waals surface area contributed by atoms with E-state index in [4.69, 9.17) is 9.47 Å². The zero-order valence-corrected chi connectivity index (χ0v) is 22.7. The highest BCUT2D eigenvalue weighted by Crippen LogP contribution is 2.68. The molecule has 0 aromatic heterocycles. The Balaban J connectivity index is 2.69. The molecule has 0 saturated carbocycles. The van der Waals surface area contributed by atoms with Crippen LogP contribution in [0.1, 0.15) is 61.8 Å². The number of ether oxygens (including phenoxy) is 2. The Bertz CT molecular complexity index is 768. The maximum absolute atomic E-state index is 9.72. The minimum Gasteiger partial charge on any atom is -0.495 e. The van der Waals surface area contributed by atoms with E-state index in [0.29, 0.717) is 0 Å². The van der Waals surface area contributed by atoms with Gasteiger partial charge in [-0.15, -0.1) is 0 Å². The van der Waals surface area contributed by atoms with Crippen molar-refractivity contribution in [2.24, 2.45) is 21.7 Å². The lowest BCUT2D eigenvalue weighted by Crippen LogP contribution is -2.59.